The maximum Gasteiger partial charge on any atom is 0.311 e. The van der Waals surface area contributed by atoms with Crippen LogP contribution in [-0.2, 0) is 16.1 Å². The van der Waals surface area contributed by atoms with Gasteiger partial charge in [0.15, 0.2) is 0 Å². The highest BCUT2D eigenvalue weighted by Crippen LogP contribution is 2.31. The highest BCUT2D eigenvalue weighted by Gasteiger charge is 2.45. The fraction of sp³-hybridized carbons (Fsp3) is 0.385. The summed E-state index contributed by atoms with van der Waals surface area (Å²) in [6.45, 7) is 2.40. The predicted octanol–water partition coefficient (Wildman–Crippen LogP) is 1.51. The monoisotopic (exact) mass is 233 g/mol. The lowest BCUT2D eigenvalue weighted by atomic mass is 9.90. The first-order valence-electron chi connectivity index (χ1n) is 5.56. The van der Waals surface area contributed by atoms with Crippen molar-refractivity contribution in [2.75, 3.05) is 6.54 Å². The van der Waals surface area contributed by atoms with Gasteiger partial charge in [0.25, 0.3) is 0 Å². The highest BCUT2D eigenvalue weighted by molar-refractivity contribution is 5.88. The number of nitrogens with zero attached hydrogens (tertiary/aromatic N) is 1. The van der Waals surface area contributed by atoms with Crippen molar-refractivity contribution in [3.63, 3.8) is 0 Å². The number of amides is 1. The molecule has 1 amide bonds. The molecule has 4 heteroatoms. The van der Waals surface area contributed by atoms with E-state index in [0.29, 0.717) is 6.54 Å². The predicted molar refractivity (Wildman–Crippen MR) is 62.2 cm³/mol. The zero-order valence-electron chi connectivity index (χ0n) is 9.72. The number of likely N-dealkylation sites (tertiary alicyclic amines) is 1. The molecule has 1 N–H and O–H groups in total. The first-order chi connectivity index (χ1) is 8.01. The zero-order valence-corrected chi connectivity index (χ0v) is 9.72. The number of benzene rings is 1. The van der Waals surface area contributed by atoms with Crippen LogP contribution < -0.4 is 0 Å². The zero-order chi connectivity index (χ0) is 12.5. The first kappa shape index (κ1) is 11.6. The molecular formula is C13H15NO3. The molecule has 1 aromatic carbocycles. The molecule has 2 rings (SSSR count). The summed E-state index contributed by atoms with van der Waals surface area (Å²) in [5, 5.41) is 9.10. The molecule has 1 aliphatic rings. The van der Waals surface area contributed by atoms with Crippen molar-refractivity contribution in [1.82, 2.24) is 4.90 Å². The molecule has 1 saturated heterocycles. The van der Waals surface area contributed by atoms with Crippen LogP contribution in [0.15, 0.2) is 30.3 Å². The van der Waals surface area contributed by atoms with Crippen LogP contribution >= 0.6 is 0 Å². The summed E-state index contributed by atoms with van der Waals surface area (Å²) in [5.41, 5.74) is 0.0850. The second-order valence-corrected chi connectivity index (χ2v) is 4.78. The Balaban J connectivity index is 2.09. The standard InChI is InChI=1S/C13H15NO3/c1-13(12(16)17)7-11(15)14(9-13)8-10-5-3-2-4-6-10/h2-6H,7-9H2,1H3,(H,16,17). The van der Waals surface area contributed by atoms with Gasteiger partial charge in [0.2, 0.25) is 5.91 Å². The fourth-order valence-electron chi connectivity index (χ4n) is 2.10. The number of hydrogen-bond acceptors (Lipinski definition) is 2. The Morgan fingerprint density at radius 1 is 1.41 bits per heavy atom. The number of carboxylic acid groups (broad SMARTS) is 1. The Labute approximate surface area is 99.9 Å². The molecule has 90 valence electrons. The van der Waals surface area contributed by atoms with Crippen molar-refractivity contribution in [3.8, 4) is 0 Å². The van der Waals surface area contributed by atoms with Crippen molar-refractivity contribution in [1.29, 1.82) is 0 Å². The van der Waals surface area contributed by atoms with Crippen LogP contribution in [0.25, 0.3) is 0 Å². The van der Waals surface area contributed by atoms with Crippen molar-refractivity contribution in [2.45, 2.75) is 19.9 Å². The van der Waals surface area contributed by atoms with Crippen LogP contribution in [0.5, 0.6) is 0 Å². The minimum Gasteiger partial charge on any atom is -0.481 e. The molecule has 1 aromatic rings. The summed E-state index contributed by atoms with van der Waals surface area (Å²) >= 11 is 0. The van der Waals surface area contributed by atoms with E-state index in [0.717, 1.165) is 5.56 Å². The molecule has 4 nitrogen and oxygen atoms in total. The molecule has 0 spiro atoms. The molecule has 1 atom stereocenters. The van der Waals surface area contributed by atoms with Gasteiger partial charge in [0, 0.05) is 19.5 Å². The van der Waals surface area contributed by atoms with E-state index in [1.54, 1.807) is 11.8 Å². The second kappa shape index (κ2) is 4.20. The first-order valence-corrected chi connectivity index (χ1v) is 5.56. The van der Waals surface area contributed by atoms with Gasteiger partial charge in [-0.1, -0.05) is 30.3 Å². The van der Waals surface area contributed by atoms with Crippen LogP contribution in [0.4, 0.5) is 0 Å². The Kier molecular flexibility index (Phi) is 2.88. The van der Waals surface area contributed by atoms with E-state index in [1.807, 2.05) is 30.3 Å². The maximum absolute atomic E-state index is 11.8. The molecule has 1 unspecified atom stereocenters. The number of hydrogen-bond donors (Lipinski definition) is 1. The summed E-state index contributed by atoms with van der Waals surface area (Å²) < 4.78 is 0. The smallest absolute Gasteiger partial charge is 0.311 e. The SMILES string of the molecule is CC1(C(=O)O)CC(=O)N(Cc2ccccc2)C1. The lowest BCUT2D eigenvalue weighted by Gasteiger charge is -2.19. The number of carbonyl (C=O) groups is 2. The van der Waals surface area contributed by atoms with Crippen LogP contribution in [-0.4, -0.2) is 28.4 Å². The topological polar surface area (TPSA) is 57.6 Å². The Morgan fingerprint density at radius 3 is 2.59 bits per heavy atom. The van der Waals surface area contributed by atoms with Gasteiger partial charge in [-0.3, -0.25) is 9.59 Å². The second-order valence-electron chi connectivity index (χ2n) is 4.78. The Bertz CT molecular complexity index is 443. The van der Waals surface area contributed by atoms with E-state index in [9.17, 15) is 9.59 Å². The number of rotatable bonds is 3. The third-order valence-electron chi connectivity index (χ3n) is 3.17. The summed E-state index contributed by atoms with van der Waals surface area (Å²) in [6, 6.07) is 9.60. The molecule has 1 heterocycles. The van der Waals surface area contributed by atoms with Crippen molar-refractivity contribution in [2.24, 2.45) is 5.41 Å². The van der Waals surface area contributed by atoms with Gasteiger partial charge in [0.05, 0.1) is 5.41 Å². The Hall–Kier alpha value is -1.84. The van der Waals surface area contributed by atoms with E-state index in [2.05, 4.69) is 0 Å². The number of aliphatic carboxylic acids is 1. The van der Waals surface area contributed by atoms with E-state index < -0.39 is 11.4 Å². The minimum absolute atomic E-state index is 0.0845. The van der Waals surface area contributed by atoms with E-state index in [1.165, 1.54) is 0 Å². The van der Waals surface area contributed by atoms with E-state index in [4.69, 9.17) is 5.11 Å². The average molecular weight is 233 g/mol. The molecular weight excluding hydrogens is 218 g/mol. The van der Waals surface area contributed by atoms with Gasteiger partial charge in [-0.15, -0.1) is 0 Å². The summed E-state index contributed by atoms with van der Waals surface area (Å²) in [7, 11) is 0. The van der Waals surface area contributed by atoms with Crippen molar-refractivity contribution < 1.29 is 14.7 Å². The molecule has 0 saturated carbocycles. The maximum atomic E-state index is 11.8. The van der Waals surface area contributed by atoms with Crippen LogP contribution in [0.1, 0.15) is 18.9 Å². The highest BCUT2D eigenvalue weighted by atomic mass is 16.4. The quantitative estimate of drug-likeness (QED) is 0.861. The summed E-state index contributed by atoms with van der Waals surface area (Å²) in [6.07, 6.45) is 0.0924. The number of carboxylic acids is 1. The van der Waals surface area contributed by atoms with Crippen molar-refractivity contribution >= 4 is 11.9 Å². The van der Waals surface area contributed by atoms with Gasteiger partial charge < -0.3 is 10.0 Å². The molecule has 1 fully saturated rings. The van der Waals surface area contributed by atoms with E-state index >= 15 is 0 Å². The molecule has 0 radical (unpaired) electrons. The van der Waals surface area contributed by atoms with Gasteiger partial charge in [-0.2, -0.15) is 0 Å². The molecule has 0 aliphatic carbocycles. The lowest BCUT2D eigenvalue weighted by molar-refractivity contribution is -0.147. The van der Waals surface area contributed by atoms with Gasteiger partial charge in [-0.25, -0.2) is 0 Å². The van der Waals surface area contributed by atoms with E-state index in [-0.39, 0.29) is 18.9 Å². The third kappa shape index (κ3) is 2.30. The summed E-state index contributed by atoms with van der Waals surface area (Å²) in [5.74, 6) is -0.986. The molecule has 0 bridgehead atoms. The molecule has 1 aliphatic heterocycles. The van der Waals surface area contributed by atoms with Crippen LogP contribution in [0.3, 0.4) is 0 Å². The molecule has 17 heavy (non-hydrogen) atoms. The number of carbonyl (C=O) groups excluding carboxylic acids is 1. The lowest BCUT2D eigenvalue weighted by Crippen LogP contribution is -2.31. The van der Waals surface area contributed by atoms with Gasteiger partial charge in [-0.05, 0) is 12.5 Å². The average Bonchev–Trinajstić information content (AvgIpc) is 2.57. The van der Waals surface area contributed by atoms with Gasteiger partial charge in [0.1, 0.15) is 0 Å². The van der Waals surface area contributed by atoms with Crippen LogP contribution in [0.2, 0.25) is 0 Å². The summed E-state index contributed by atoms with van der Waals surface area (Å²) in [4.78, 5) is 24.5. The molecule has 0 aromatic heterocycles. The largest absolute Gasteiger partial charge is 0.481 e. The minimum atomic E-state index is -0.939. The normalized spacial score (nSPS) is 24.1. The van der Waals surface area contributed by atoms with Crippen molar-refractivity contribution in [3.05, 3.63) is 35.9 Å². The Morgan fingerprint density at radius 2 is 2.06 bits per heavy atom. The fourth-order valence-corrected chi connectivity index (χ4v) is 2.10. The van der Waals surface area contributed by atoms with Gasteiger partial charge >= 0.3 is 5.97 Å². The van der Waals surface area contributed by atoms with Crippen LogP contribution in [0, 0.1) is 5.41 Å². The third-order valence-corrected chi connectivity index (χ3v) is 3.17.